The van der Waals surface area contributed by atoms with E-state index in [0.717, 1.165) is 9.58 Å². The minimum atomic E-state index is -1.21. The Hall–Kier alpha value is -2.91. The van der Waals surface area contributed by atoms with Crippen molar-refractivity contribution in [2.24, 2.45) is 5.41 Å². The molecule has 2 heterocycles. The Bertz CT molecular complexity index is 703. The number of hydrogen-bond acceptors (Lipinski definition) is 5. The Kier molecular flexibility index (Phi) is 6.87. The first kappa shape index (κ1) is 21.1. The van der Waals surface area contributed by atoms with Gasteiger partial charge in [0.15, 0.2) is 5.69 Å². The highest BCUT2D eigenvalue weighted by Gasteiger charge is 2.29. The Morgan fingerprint density at radius 1 is 1.19 bits per heavy atom. The van der Waals surface area contributed by atoms with Gasteiger partial charge in [0.2, 0.25) is 0 Å². The average Bonchev–Trinajstić information content (AvgIpc) is 2.82. The van der Waals surface area contributed by atoms with E-state index in [2.05, 4.69) is 5.10 Å². The molecule has 0 unspecified atom stereocenters. The van der Waals surface area contributed by atoms with Crippen LogP contribution >= 0.6 is 0 Å². The lowest BCUT2D eigenvalue weighted by Gasteiger charge is -2.23. The lowest BCUT2D eigenvalue weighted by molar-refractivity contribution is -0.139. The Morgan fingerprint density at radius 3 is 2.19 bits per heavy atom. The fourth-order valence-electron chi connectivity index (χ4n) is 2.49. The van der Waals surface area contributed by atoms with Gasteiger partial charge in [0, 0.05) is 18.5 Å². The standard InChI is InChI=1S/C10H11N3O5.C6H12O2/c14-4-3-13-8(9(15)16)6-5-12(10(17)18)2-1-7(6)11-13;1-6(2,3)4-5(7)8/h4H,1-3,5H2,(H,15,16)(H,17,18);4H2,1-3H3,(H,7,8). The molecular formula is C16H23N3O7. The van der Waals surface area contributed by atoms with E-state index in [1.54, 1.807) is 0 Å². The first-order valence-electron chi connectivity index (χ1n) is 7.91. The highest BCUT2D eigenvalue weighted by molar-refractivity contribution is 5.88. The molecule has 10 heteroatoms. The van der Waals surface area contributed by atoms with Crippen LogP contribution in [0.4, 0.5) is 4.79 Å². The molecule has 0 radical (unpaired) electrons. The number of rotatable bonds is 4. The van der Waals surface area contributed by atoms with Crippen molar-refractivity contribution in [3.8, 4) is 0 Å². The maximum Gasteiger partial charge on any atom is 0.407 e. The van der Waals surface area contributed by atoms with E-state index in [-0.39, 0.29) is 37.2 Å². The molecule has 0 aliphatic carbocycles. The highest BCUT2D eigenvalue weighted by atomic mass is 16.4. The summed E-state index contributed by atoms with van der Waals surface area (Å²) in [6.45, 7) is 5.83. The number of amides is 1. The molecule has 144 valence electrons. The van der Waals surface area contributed by atoms with Crippen LogP contribution in [0.3, 0.4) is 0 Å². The van der Waals surface area contributed by atoms with Crippen LogP contribution in [0.5, 0.6) is 0 Å². The van der Waals surface area contributed by atoms with Gasteiger partial charge in [-0.1, -0.05) is 20.8 Å². The smallest absolute Gasteiger partial charge is 0.407 e. The number of fused-ring (bicyclic) bond motifs is 1. The minimum Gasteiger partial charge on any atom is -0.481 e. The van der Waals surface area contributed by atoms with Gasteiger partial charge in [0.25, 0.3) is 0 Å². The van der Waals surface area contributed by atoms with Crippen molar-refractivity contribution in [3.05, 3.63) is 17.0 Å². The zero-order valence-corrected chi connectivity index (χ0v) is 14.9. The lowest BCUT2D eigenvalue weighted by Crippen LogP contribution is -2.35. The van der Waals surface area contributed by atoms with Crippen LogP contribution in [0.15, 0.2) is 0 Å². The number of nitrogens with zero attached hydrogens (tertiary/aromatic N) is 3. The van der Waals surface area contributed by atoms with Crippen molar-refractivity contribution < 1.29 is 34.5 Å². The van der Waals surface area contributed by atoms with Crippen molar-refractivity contribution in [3.63, 3.8) is 0 Å². The van der Waals surface area contributed by atoms with Gasteiger partial charge < -0.3 is 25.0 Å². The maximum absolute atomic E-state index is 11.2. The zero-order valence-electron chi connectivity index (χ0n) is 14.9. The summed E-state index contributed by atoms with van der Waals surface area (Å²) in [4.78, 5) is 43.7. The van der Waals surface area contributed by atoms with Crippen LogP contribution in [0.2, 0.25) is 0 Å². The molecule has 0 fully saturated rings. The summed E-state index contributed by atoms with van der Waals surface area (Å²) in [6, 6.07) is 0. The molecule has 0 spiro atoms. The summed E-state index contributed by atoms with van der Waals surface area (Å²) in [7, 11) is 0. The SMILES string of the molecule is CC(C)(C)CC(=O)O.O=CCn1nc2c(c1C(=O)O)CN(C(=O)O)CC2. The van der Waals surface area contributed by atoms with Gasteiger partial charge in [-0.15, -0.1) is 0 Å². The fourth-order valence-corrected chi connectivity index (χ4v) is 2.49. The summed E-state index contributed by atoms with van der Waals surface area (Å²) in [5, 5.41) is 30.3. The number of aromatic nitrogens is 2. The summed E-state index contributed by atoms with van der Waals surface area (Å²) < 4.78 is 1.10. The Morgan fingerprint density at radius 2 is 1.81 bits per heavy atom. The number of carbonyl (C=O) groups is 4. The van der Waals surface area contributed by atoms with Crippen molar-refractivity contribution in [2.75, 3.05) is 6.54 Å². The van der Waals surface area contributed by atoms with E-state index in [4.69, 9.17) is 15.3 Å². The third-order valence-corrected chi connectivity index (χ3v) is 3.50. The molecule has 0 aromatic carbocycles. The van der Waals surface area contributed by atoms with Crippen molar-refractivity contribution >= 4 is 24.3 Å². The normalized spacial score (nSPS) is 13.3. The average molecular weight is 369 g/mol. The number of carboxylic acid groups (broad SMARTS) is 3. The van der Waals surface area contributed by atoms with Crippen LogP contribution in [-0.2, 0) is 29.1 Å². The molecule has 0 bridgehead atoms. The van der Waals surface area contributed by atoms with Crippen LogP contribution in [0.25, 0.3) is 0 Å². The zero-order chi connectivity index (χ0) is 20.1. The van der Waals surface area contributed by atoms with E-state index < -0.39 is 18.0 Å². The molecule has 1 aliphatic rings. The number of carbonyl (C=O) groups excluding carboxylic acids is 1. The number of aldehydes is 1. The molecule has 0 saturated carbocycles. The minimum absolute atomic E-state index is 0.00877. The lowest BCUT2D eigenvalue weighted by atomic mass is 9.93. The van der Waals surface area contributed by atoms with E-state index >= 15 is 0 Å². The quantitative estimate of drug-likeness (QED) is 0.673. The van der Waals surface area contributed by atoms with E-state index in [1.165, 1.54) is 0 Å². The molecule has 0 atom stereocenters. The summed E-state index contributed by atoms with van der Waals surface area (Å²) in [6.07, 6.45) is 0.0563. The molecule has 3 N–H and O–H groups in total. The van der Waals surface area contributed by atoms with Crippen molar-refractivity contribution in [1.29, 1.82) is 0 Å². The van der Waals surface area contributed by atoms with Gasteiger partial charge in [-0.25, -0.2) is 9.59 Å². The van der Waals surface area contributed by atoms with E-state index in [9.17, 15) is 19.2 Å². The third kappa shape index (κ3) is 5.87. The molecule has 1 amide bonds. The van der Waals surface area contributed by atoms with Crippen LogP contribution in [-0.4, -0.2) is 60.9 Å². The van der Waals surface area contributed by atoms with E-state index in [0.29, 0.717) is 24.0 Å². The molecule has 10 nitrogen and oxygen atoms in total. The van der Waals surface area contributed by atoms with Crippen molar-refractivity contribution in [1.82, 2.24) is 14.7 Å². The monoisotopic (exact) mass is 369 g/mol. The first-order chi connectivity index (χ1) is 12.0. The second kappa shape index (κ2) is 8.45. The van der Waals surface area contributed by atoms with Crippen LogP contribution in [0.1, 0.15) is 48.9 Å². The molecule has 1 aromatic heterocycles. The predicted octanol–water partition coefficient (Wildman–Crippen LogP) is 1.32. The Balaban J connectivity index is 0.000000359. The number of aromatic carboxylic acids is 1. The first-order valence-corrected chi connectivity index (χ1v) is 7.91. The highest BCUT2D eigenvalue weighted by Crippen LogP contribution is 2.22. The Labute approximate surface area is 150 Å². The van der Waals surface area contributed by atoms with Crippen LogP contribution < -0.4 is 0 Å². The number of carboxylic acids is 2. The molecule has 0 saturated heterocycles. The fraction of sp³-hybridized carbons (Fsp3) is 0.562. The largest absolute Gasteiger partial charge is 0.481 e. The van der Waals surface area contributed by atoms with Gasteiger partial charge in [0.05, 0.1) is 25.2 Å². The maximum atomic E-state index is 11.2. The number of hydrogen-bond donors (Lipinski definition) is 3. The van der Waals surface area contributed by atoms with Gasteiger partial charge in [-0.05, 0) is 5.41 Å². The molecule has 26 heavy (non-hydrogen) atoms. The van der Waals surface area contributed by atoms with Crippen LogP contribution in [0, 0.1) is 5.41 Å². The van der Waals surface area contributed by atoms with E-state index in [1.807, 2.05) is 20.8 Å². The third-order valence-electron chi connectivity index (χ3n) is 3.50. The number of aliphatic carboxylic acids is 1. The van der Waals surface area contributed by atoms with Gasteiger partial charge in [0.1, 0.15) is 6.29 Å². The molecule has 1 aromatic rings. The second-order valence-electron chi connectivity index (χ2n) is 7.01. The topological polar surface area (TPSA) is 150 Å². The summed E-state index contributed by atoms with van der Waals surface area (Å²) in [5.74, 6) is -1.93. The van der Waals surface area contributed by atoms with Gasteiger partial charge in [-0.2, -0.15) is 5.10 Å². The van der Waals surface area contributed by atoms with Gasteiger partial charge in [-0.3, -0.25) is 9.48 Å². The molecule has 2 rings (SSSR count). The predicted molar refractivity (Wildman–Crippen MR) is 89.1 cm³/mol. The molecule has 1 aliphatic heterocycles. The summed E-state index contributed by atoms with van der Waals surface area (Å²) in [5.41, 5.74) is 0.735. The van der Waals surface area contributed by atoms with Crippen molar-refractivity contribution in [2.45, 2.75) is 46.7 Å². The molecular weight excluding hydrogens is 346 g/mol. The second-order valence-corrected chi connectivity index (χ2v) is 7.01. The van der Waals surface area contributed by atoms with Gasteiger partial charge >= 0.3 is 18.0 Å². The summed E-state index contributed by atoms with van der Waals surface area (Å²) >= 11 is 0.